The van der Waals surface area contributed by atoms with Crippen LogP contribution >= 0.6 is 0 Å². The van der Waals surface area contributed by atoms with Crippen LogP contribution in [0.2, 0.25) is 0 Å². The summed E-state index contributed by atoms with van der Waals surface area (Å²) in [5.74, 6) is 1.84. The van der Waals surface area contributed by atoms with E-state index in [9.17, 15) is 9.32 Å². The van der Waals surface area contributed by atoms with Gasteiger partial charge in [-0.15, -0.1) is 0 Å². The van der Waals surface area contributed by atoms with Gasteiger partial charge in [-0.3, -0.25) is 9.11 Å². The zero-order valence-electron chi connectivity index (χ0n) is 10.7. The van der Waals surface area contributed by atoms with Gasteiger partial charge in [-0.25, -0.2) is 0 Å². The molecular weight excluding hydrogens is 258 g/mol. The summed E-state index contributed by atoms with van der Waals surface area (Å²) in [7, 11) is -0.656. The molecule has 3 nitrogen and oxygen atoms in total. The summed E-state index contributed by atoms with van der Waals surface area (Å²) in [5.41, 5.74) is 0.978. The van der Waals surface area contributed by atoms with Gasteiger partial charge in [-0.1, -0.05) is 30.3 Å². The molecule has 0 aromatic heterocycles. The number of fused-ring (bicyclic) bond motifs is 1. The van der Waals surface area contributed by atoms with Crippen molar-refractivity contribution in [2.24, 2.45) is 0 Å². The lowest BCUT2D eigenvalue weighted by atomic mass is 10.0. The molecule has 2 aromatic rings. The number of nitrogens with zero attached hydrogens (tertiary/aromatic N) is 1. The van der Waals surface area contributed by atoms with Gasteiger partial charge in [0.05, 0.1) is 0 Å². The average Bonchev–Trinajstić information content (AvgIpc) is 2.44. The van der Waals surface area contributed by atoms with Gasteiger partial charge in [0.15, 0.2) is 0 Å². The maximum atomic E-state index is 11.4. The highest BCUT2D eigenvalue weighted by Crippen LogP contribution is 2.28. The molecule has 1 heterocycles. The Morgan fingerprint density at radius 1 is 1.11 bits per heavy atom. The number of benzene rings is 2. The molecule has 1 fully saturated rings. The number of aromatic hydroxyl groups is 1. The fourth-order valence-electron chi connectivity index (χ4n) is 2.55. The molecule has 0 atom stereocenters. The molecule has 3 rings (SSSR count). The molecule has 0 saturated carbocycles. The van der Waals surface area contributed by atoms with Crippen LogP contribution in [0.5, 0.6) is 5.75 Å². The van der Waals surface area contributed by atoms with Crippen molar-refractivity contribution in [1.29, 1.82) is 0 Å². The van der Waals surface area contributed by atoms with E-state index < -0.39 is 10.8 Å². The van der Waals surface area contributed by atoms with Crippen LogP contribution in [0, 0.1) is 0 Å². The second-order valence-electron chi connectivity index (χ2n) is 4.91. The third-order valence-electron chi connectivity index (χ3n) is 3.67. The van der Waals surface area contributed by atoms with Crippen LogP contribution in [0.25, 0.3) is 10.8 Å². The number of hydrogen-bond acceptors (Lipinski definition) is 3. The van der Waals surface area contributed by atoms with Gasteiger partial charge in [-0.05, 0) is 16.8 Å². The molecule has 1 aliphatic heterocycles. The van der Waals surface area contributed by atoms with Crippen LogP contribution in [0.15, 0.2) is 36.4 Å². The minimum absolute atomic E-state index is 0.352. The standard InChI is InChI=1S/C15H17NO2S/c17-15-6-5-12-3-1-2-4-13(12)14(15)11-16-7-9-19(18)10-8-16/h1-6,17H,7-11H2. The smallest absolute Gasteiger partial charge is 0.120 e. The quantitative estimate of drug-likeness (QED) is 0.912. The zero-order chi connectivity index (χ0) is 13.2. The number of hydrogen-bond donors (Lipinski definition) is 1. The molecule has 1 aliphatic rings. The first-order valence-electron chi connectivity index (χ1n) is 6.51. The van der Waals surface area contributed by atoms with Gasteiger partial charge in [0.2, 0.25) is 0 Å². The maximum absolute atomic E-state index is 11.4. The molecule has 0 amide bonds. The van der Waals surface area contributed by atoms with E-state index in [1.165, 1.54) is 0 Å². The monoisotopic (exact) mass is 275 g/mol. The predicted octanol–water partition coefficient (Wildman–Crippen LogP) is 2.11. The highest BCUT2D eigenvalue weighted by Gasteiger charge is 2.17. The van der Waals surface area contributed by atoms with E-state index in [-0.39, 0.29) is 0 Å². The third-order valence-corrected chi connectivity index (χ3v) is 4.94. The van der Waals surface area contributed by atoms with Crippen LogP contribution in [-0.2, 0) is 17.3 Å². The summed E-state index contributed by atoms with van der Waals surface area (Å²) in [6.45, 7) is 2.41. The molecule has 0 unspecified atom stereocenters. The Labute approximate surface area is 115 Å². The molecule has 4 heteroatoms. The number of rotatable bonds is 2. The van der Waals surface area contributed by atoms with Crippen molar-refractivity contribution in [1.82, 2.24) is 4.90 Å². The van der Waals surface area contributed by atoms with Crippen LogP contribution in [0.1, 0.15) is 5.56 Å². The Bertz CT molecular complexity index is 617. The topological polar surface area (TPSA) is 40.5 Å². The maximum Gasteiger partial charge on any atom is 0.120 e. The summed E-state index contributed by atoms with van der Waals surface area (Å²) >= 11 is 0. The number of phenols is 1. The van der Waals surface area contributed by atoms with Crippen molar-refractivity contribution in [3.05, 3.63) is 42.0 Å². The van der Waals surface area contributed by atoms with E-state index in [0.717, 1.165) is 47.5 Å². The second-order valence-corrected chi connectivity index (χ2v) is 6.60. The Hall–Kier alpha value is -1.39. The minimum atomic E-state index is -0.656. The van der Waals surface area contributed by atoms with Crippen molar-refractivity contribution < 1.29 is 9.32 Å². The predicted molar refractivity (Wildman–Crippen MR) is 78.8 cm³/mol. The summed E-state index contributed by atoms with van der Waals surface area (Å²) in [5, 5.41) is 12.4. The molecular formula is C15H17NO2S. The molecule has 0 radical (unpaired) electrons. The SMILES string of the molecule is O=S1CCN(Cc2c(O)ccc3ccccc23)CC1. The first-order valence-corrected chi connectivity index (χ1v) is 8.00. The highest BCUT2D eigenvalue weighted by atomic mass is 32.2. The lowest BCUT2D eigenvalue weighted by molar-refractivity contribution is 0.288. The molecule has 0 bridgehead atoms. The van der Waals surface area contributed by atoms with Gasteiger partial charge < -0.3 is 5.11 Å². The van der Waals surface area contributed by atoms with Gasteiger partial charge in [0.1, 0.15) is 5.75 Å². The largest absolute Gasteiger partial charge is 0.508 e. The van der Waals surface area contributed by atoms with Crippen molar-refractivity contribution in [3.63, 3.8) is 0 Å². The molecule has 19 heavy (non-hydrogen) atoms. The van der Waals surface area contributed by atoms with E-state index in [0.29, 0.717) is 5.75 Å². The van der Waals surface area contributed by atoms with Crippen molar-refractivity contribution >= 4 is 21.6 Å². The van der Waals surface area contributed by atoms with Gasteiger partial charge in [0, 0.05) is 47.5 Å². The molecule has 100 valence electrons. The van der Waals surface area contributed by atoms with Crippen molar-refractivity contribution in [3.8, 4) is 5.75 Å². The summed E-state index contributed by atoms with van der Waals surface area (Å²) in [4.78, 5) is 2.27. The molecule has 0 spiro atoms. The Morgan fingerprint density at radius 3 is 2.63 bits per heavy atom. The normalized spacial score (nSPS) is 17.9. The van der Waals surface area contributed by atoms with Crippen molar-refractivity contribution in [2.75, 3.05) is 24.6 Å². The first-order chi connectivity index (χ1) is 9.24. The molecule has 1 N–H and O–H groups in total. The van der Waals surface area contributed by atoms with Gasteiger partial charge >= 0.3 is 0 Å². The molecule has 1 saturated heterocycles. The lowest BCUT2D eigenvalue weighted by Crippen LogP contribution is -2.37. The summed E-state index contributed by atoms with van der Waals surface area (Å²) in [6.07, 6.45) is 0. The Morgan fingerprint density at radius 2 is 1.84 bits per heavy atom. The first kappa shape index (κ1) is 12.6. The van der Waals surface area contributed by atoms with E-state index >= 15 is 0 Å². The minimum Gasteiger partial charge on any atom is -0.508 e. The third kappa shape index (κ3) is 2.65. The van der Waals surface area contributed by atoms with Crippen LogP contribution in [-0.4, -0.2) is 38.8 Å². The van der Waals surface area contributed by atoms with E-state index in [1.54, 1.807) is 6.07 Å². The van der Waals surface area contributed by atoms with Gasteiger partial charge in [0.25, 0.3) is 0 Å². The molecule has 0 aliphatic carbocycles. The van der Waals surface area contributed by atoms with E-state index in [1.807, 2.05) is 24.3 Å². The molecule has 2 aromatic carbocycles. The Balaban J connectivity index is 1.91. The number of phenolic OH excluding ortho intramolecular Hbond substituents is 1. The van der Waals surface area contributed by atoms with Crippen molar-refractivity contribution in [2.45, 2.75) is 6.54 Å². The second kappa shape index (κ2) is 5.31. The van der Waals surface area contributed by atoms with Crippen LogP contribution in [0.3, 0.4) is 0 Å². The fourth-order valence-corrected chi connectivity index (χ4v) is 3.68. The summed E-state index contributed by atoms with van der Waals surface area (Å²) in [6, 6.07) is 11.8. The van der Waals surface area contributed by atoms with Crippen LogP contribution < -0.4 is 0 Å². The lowest BCUT2D eigenvalue weighted by Gasteiger charge is -2.26. The Kier molecular flexibility index (Phi) is 3.53. The highest BCUT2D eigenvalue weighted by molar-refractivity contribution is 7.85. The average molecular weight is 275 g/mol. The van der Waals surface area contributed by atoms with Gasteiger partial charge in [-0.2, -0.15) is 0 Å². The van der Waals surface area contributed by atoms with Crippen LogP contribution in [0.4, 0.5) is 0 Å². The summed E-state index contributed by atoms with van der Waals surface area (Å²) < 4.78 is 11.4. The fraction of sp³-hybridized carbons (Fsp3) is 0.333. The zero-order valence-corrected chi connectivity index (χ0v) is 11.5. The van der Waals surface area contributed by atoms with E-state index in [2.05, 4.69) is 11.0 Å². The van der Waals surface area contributed by atoms with E-state index in [4.69, 9.17) is 0 Å².